The van der Waals surface area contributed by atoms with Crippen LogP contribution in [0.4, 0.5) is 5.82 Å². The number of ether oxygens (including phenoxy) is 1. The Bertz CT molecular complexity index is 949. The van der Waals surface area contributed by atoms with Crippen LogP contribution in [0.1, 0.15) is 24.2 Å². The van der Waals surface area contributed by atoms with Gasteiger partial charge in [-0.2, -0.15) is 5.10 Å². The fourth-order valence-electron chi connectivity index (χ4n) is 3.52. The third-order valence-electron chi connectivity index (χ3n) is 4.66. The standard InChI is InChI=1S/C19H23N7O2/c1-13-10-25(11-14(2)28-13)17-16-9-24-26(18(16)23-12-22-17)7-6-21-19(27)15-4-3-5-20-8-15/h3-5,8-9,12-14H,6-7,10-11H2,1-2H3,(H,21,27). The SMILES string of the molecule is CC1CN(c2ncnc3c2cnn3CCNC(=O)c2cccnc2)CC(C)O1. The van der Waals surface area contributed by atoms with Gasteiger partial charge >= 0.3 is 0 Å². The normalized spacial score (nSPS) is 19.7. The lowest BCUT2D eigenvalue weighted by Crippen LogP contribution is -2.45. The van der Waals surface area contributed by atoms with Crippen molar-refractivity contribution in [2.75, 3.05) is 24.5 Å². The van der Waals surface area contributed by atoms with E-state index in [4.69, 9.17) is 4.74 Å². The molecule has 1 saturated heterocycles. The predicted octanol–water partition coefficient (Wildman–Crippen LogP) is 1.26. The van der Waals surface area contributed by atoms with Crippen LogP contribution < -0.4 is 10.2 Å². The Kier molecular flexibility index (Phi) is 5.16. The number of pyridine rings is 1. The molecule has 3 aromatic rings. The smallest absolute Gasteiger partial charge is 0.252 e. The van der Waals surface area contributed by atoms with Gasteiger partial charge in [-0.25, -0.2) is 14.6 Å². The lowest BCUT2D eigenvalue weighted by Gasteiger charge is -2.36. The van der Waals surface area contributed by atoms with Gasteiger partial charge in [-0.15, -0.1) is 0 Å². The number of rotatable bonds is 5. The van der Waals surface area contributed by atoms with Gasteiger partial charge in [-0.1, -0.05) is 0 Å². The molecule has 9 nitrogen and oxygen atoms in total. The molecule has 1 aliphatic rings. The van der Waals surface area contributed by atoms with E-state index in [0.717, 1.165) is 29.9 Å². The quantitative estimate of drug-likeness (QED) is 0.710. The number of nitrogens with one attached hydrogen (secondary N) is 1. The van der Waals surface area contributed by atoms with E-state index in [0.29, 0.717) is 18.7 Å². The Morgan fingerprint density at radius 1 is 1.25 bits per heavy atom. The molecule has 2 unspecified atom stereocenters. The maximum Gasteiger partial charge on any atom is 0.252 e. The van der Waals surface area contributed by atoms with Crippen LogP contribution in [0, 0.1) is 0 Å². The molecule has 9 heteroatoms. The summed E-state index contributed by atoms with van der Waals surface area (Å²) in [6.45, 7) is 6.65. The van der Waals surface area contributed by atoms with E-state index in [9.17, 15) is 4.79 Å². The Labute approximate surface area is 162 Å². The number of morpholine rings is 1. The highest BCUT2D eigenvalue weighted by Gasteiger charge is 2.25. The summed E-state index contributed by atoms with van der Waals surface area (Å²) in [7, 11) is 0. The first-order chi connectivity index (χ1) is 13.6. The van der Waals surface area contributed by atoms with Crippen molar-refractivity contribution in [3.05, 3.63) is 42.6 Å². The predicted molar refractivity (Wildman–Crippen MR) is 104 cm³/mol. The highest BCUT2D eigenvalue weighted by Crippen LogP contribution is 2.25. The average molecular weight is 381 g/mol. The number of nitrogens with zero attached hydrogens (tertiary/aromatic N) is 6. The fourth-order valence-corrected chi connectivity index (χ4v) is 3.52. The van der Waals surface area contributed by atoms with Crippen molar-refractivity contribution in [3.8, 4) is 0 Å². The van der Waals surface area contributed by atoms with Gasteiger partial charge in [-0.3, -0.25) is 9.78 Å². The molecule has 4 rings (SSSR count). The molecule has 28 heavy (non-hydrogen) atoms. The second kappa shape index (κ2) is 7.89. The Morgan fingerprint density at radius 2 is 2.07 bits per heavy atom. The van der Waals surface area contributed by atoms with Gasteiger partial charge in [0.05, 0.1) is 35.9 Å². The largest absolute Gasteiger partial charge is 0.372 e. The molecule has 1 amide bonds. The highest BCUT2D eigenvalue weighted by molar-refractivity contribution is 5.93. The van der Waals surface area contributed by atoms with Gasteiger partial charge < -0.3 is 15.0 Å². The van der Waals surface area contributed by atoms with E-state index in [-0.39, 0.29) is 18.1 Å². The zero-order chi connectivity index (χ0) is 19.5. The topological polar surface area (TPSA) is 98.1 Å². The van der Waals surface area contributed by atoms with Gasteiger partial charge in [0.15, 0.2) is 5.65 Å². The third-order valence-corrected chi connectivity index (χ3v) is 4.66. The molecule has 0 aliphatic carbocycles. The minimum Gasteiger partial charge on any atom is -0.372 e. The molecule has 0 aromatic carbocycles. The van der Waals surface area contributed by atoms with E-state index in [1.807, 2.05) is 0 Å². The molecule has 1 aliphatic heterocycles. The second-order valence-corrected chi connectivity index (χ2v) is 6.96. The van der Waals surface area contributed by atoms with E-state index in [1.165, 1.54) is 0 Å². The number of anilines is 1. The summed E-state index contributed by atoms with van der Waals surface area (Å²) in [6.07, 6.45) is 6.83. The number of carbonyl (C=O) groups is 1. The lowest BCUT2D eigenvalue weighted by atomic mass is 10.2. The average Bonchev–Trinajstić information content (AvgIpc) is 3.11. The summed E-state index contributed by atoms with van der Waals surface area (Å²) >= 11 is 0. The summed E-state index contributed by atoms with van der Waals surface area (Å²) in [4.78, 5) is 27.2. The molecule has 4 heterocycles. The molecule has 3 aromatic heterocycles. The van der Waals surface area contributed by atoms with Crippen molar-refractivity contribution >= 4 is 22.8 Å². The van der Waals surface area contributed by atoms with Gasteiger partial charge in [0.1, 0.15) is 12.1 Å². The minimum atomic E-state index is -0.156. The maximum atomic E-state index is 12.1. The van der Waals surface area contributed by atoms with E-state index in [2.05, 4.69) is 44.1 Å². The van der Waals surface area contributed by atoms with Gasteiger partial charge in [0.25, 0.3) is 5.91 Å². The summed E-state index contributed by atoms with van der Waals surface area (Å²) < 4.78 is 7.61. The fraction of sp³-hybridized carbons (Fsp3) is 0.421. The minimum absolute atomic E-state index is 0.145. The number of fused-ring (bicyclic) bond motifs is 1. The first kappa shape index (κ1) is 18.3. The van der Waals surface area contributed by atoms with Crippen molar-refractivity contribution in [2.45, 2.75) is 32.6 Å². The summed E-state index contributed by atoms with van der Waals surface area (Å²) in [5.74, 6) is 0.716. The Morgan fingerprint density at radius 3 is 2.82 bits per heavy atom. The molecule has 0 radical (unpaired) electrons. The van der Waals surface area contributed by atoms with Crippen LogP contribution in [0.15, 0.2) is 37.1 Å². The van der Waals surface area contributed by atoms with Crippen LogP contribution in [-0.4, -0.2) is 62.5 Å². The van der Waals surface area contributed by atoms with E-state index in [1.54, 1.807) is 41.7 Å². The number of aromatic nitrogens is 5. The zero-order valence-electron chi connectivity index (χ0n) is 15.9. The van der Waals surface area contributed by atoms with Gasteiger partial charge in [0, 0.05) is 32.0 Å². The molecular formula is C19H23N7O2. The van der Waals surface area contributed by atoms with E-state index >= 15 is 0 Å². The van der Waals surface area contributed by atoms with Gasteiger partial charge in [-0.05, 0) is 26.0 Å². The third kappa shape index (κ3) is 3.79. The number of hydrogen-bond donors (Lipinski definition) is 1. The molecular weight excluding hydrogens is 358 g/mol. The Balaban J connectivity index is 1.47. The van der Waals surface area contributed by atoms with Crippen LogP contribution >= 0.6 is 0 Å². The molecule has 0 bridgehead atoms. The monoisotopic (exact) mass is 381 g/mol. The van der Waals surface area contributed by atoms with Crippen LogP contribution in [0.5, 0.6) is 0 Å². The summed E-state index contributed by atoms with van der Waals surface area (Å²) in [5.41, 5.74) is 1.29. The number of hydrogen-bond acceptors (Lipinski definition) is 7. The first-order valence-corrected chi connectivity index (χ1v) is 9.37. The lowest BCUT2D eigenvalue weighted by molar-refractivity contribution is -0.00537. The summed E-state index contributed by atoms with van der Waals surface area (Å²) in [6, 6.07) is 3.47. The zero-order valence-corrected chi connectivity index (χ0v) is 15.9. The number of carbonyl (C=O) groups excluding carboxylic acids is 1. The number of amides is 1. The highest BCUT2D eigenvalue weighted by atomic mass is 16.5. The van der Waals surface area contributed by atoms with Crippen molar-refractivity contribution in [3.63, 3.8) is 0 Å². The van der Waals surface area contributed by atoms with Crippen LogP contribution in [0.2, 0.25) is 0 Å². The van der Waals surface area contributed by atoms with Gasteiger partial charge in [0.2, 0.25) is 0 Å². The Hall–Kier alpha value is -3.07. The maximum absolute atomic E-state index is 12.1. The van der Waals surface area contributed by atoms with Crippen molar-refractivity contribution < 1.29 is 9.53 Å². The van der Waals surface area contributed by atoms with Crippen LogP contribution in [0.3, 0.4) is 0 Å². The van der Waals surface area contributed by atoms with Crippen LogP contribution in [0.25, 0.3) is 11.0 Å². The molecule has 0 spiro atoms. The van der Waals surface area contributed by atoms with Crippen molar-refractivity contribution in [2.24, 2.45) is 0 Å². The molecule has 0 saturated carbocycles. The molecule has 2 atom stereocenters. The van der Waals surface area contributed by atoms with E-state index < -0.39 is 0 Å². The second-order valence-electron chi connectivity index (χ2n) is 6.96. The molecule has 146 valence electrons. The molecule has 1 fully saturated rings. The van der Waals surface area contributed by atoms with Crippen LogP contribution in [-0.2, 0) is 11.3 Å². The molecule has 1 N–H and O–H groups in total. The van der Waals surface area contributed by atoms with Crippen molar-refractivity contribution in [1.29, 1.82) is 0 Å². The summed E-state index contributed by atoms with van der Waals surface area (Å²) in [5, 5.41) is 8.24. The first-order valence-electron chi connectivity index (χ1n) is 9.37. The van der Waals surface area contributed by atoms with Crippen molar-refractivity contribution in [1.82, 2.24) is 30.0 Å².